The first-order valence-corrected chi connectivity index (χ1v) is 7.74. The maximum atomic E-state index is 9.75. The van der Waals surface area contributed by atoms with Gasteiger partial charge in [-0.25, -0.2) is 0 Å². The molecule has 0 bridgehead atoms. The minimum atomic E-state index is -6.00. The lowest BCUT2D eigenvalue weighted by Gasteiger charge is -2.08. The van der Waals surface area contributed by atoms with Crippen LogP contribution in [0, 0.1) is 0 Å². The van der Waals surface area contributed by atoms with Crippen LogP contribution in [0.4, 0.5) is 17.3 Å². The zero-order chi connectivity index (χ0) is 18.4. The Morgan fingerprint density at radius 3 is 2.24 bits per heavy atom. The Balaban J connectivity index is 0.000000399. The van der Waals surface area contributed by atoms with Gasteiger partial charge in [0.2, 0.25) is 0 Å². The van der Waals surface area contributed by atoms with Crippen molar-refractivity contribution in [1.82, 2.24) is 0 Å². The van der Waals surface area contributed by atoms with Gasteiger partial charge in [-0.15, -0.1) is 0 Å². The summed E-state index contributed by atoms with van der Waals surface area (Å²) in [4.78, 5) is 0. The van der Waals surface area contributed by atoms with Gasteiger partial charge in [0, 0.05) is 6.07 Å². The van der Waals surface area contributed by atoms with Crippen LogP contribution in [0.15, 0.2) is 60.8 Å². The number of benzene rings is 2. The third-order valence-electron chi connectivity index (χ3n) is 3.29. The molecule has 8 heteroatoms. The monoisotopic (exact) mass is 371 g/mol. The Morgan fingerprint density at radius 2 is 1.60 bits per heavy atom. The Labute approximate surface area is 147 Å². The number of aryl methyl sites for hydroxylation is 1. The molecule has 0 fully saturated rings. The van der Waals surface area contributed by atoms with E-state index >= 15 is 0 Å². The summed E-state index contributed by atoms with van der Waals surface area (Å²) in [5, 5.41) is 1.74. The number of rotatable bonds is 3. The highest BCUT2D eigenvalue weighted by Gasteiger charge is 2.20. The van der Waals surface area contributed by atoms with Crippen molar-refractivity contribution >= 4 is 29.8 Å². The summed E-state index contributed by atoms with van der Waals surface area (Å²) >= 11 is 6.25. The Morgan fingerprint density at radius 1 is 0.960 bits per heavy atom. The number of nitrogens with zero attached hydrogens (tertiary/aromatic N) is 1. The van der Waals surface area contributed by atoms with Crippen LogP contribution in [-0.4, -0.2) is 7.25 Å². The van der Waals surface area contributed by atoms with Crippen molar-refractivity contribution < 1.29 is 26.6 Å². The average Bonchev–Trinajstić information content (AvgIpc) is 2.54. The van der Waals surface area contributed by atoms with Crippen LogP contribution in [0.5, 0.6) is 5.75 Å². The predicted octanol–water partition coefficient (Wildman–Crippen LogP) is 5.20. The largest absolute Gasteiger partial charge is 0.673 e. The van der Waals surface area contributed by atoms with Gasteiger partial charge in [-0.05, 0) is 23.8 Å². The van der Waals surface area contributed by atoms with Gasteiger partial charge in [-0.1, -0.05) is 41.9 Å². The fourth-order valence-electron chi connectivity index (χ4n) is 2.28. The number of halogens is 5. The Hall–Kier alpha value is -2.28. The third kappa shape index (κ3) is 5.94. The molecule has 0 spiro atoms. The van der Waals surface area contributed by atoms with Crippen molar-refractivity contribution in [3.63, 3.8) is 0 Å². The number of fused-ring (bicyclic) bond motifs is 1. The lowest BCUT2D eigenvalue weighted by Crippen LogP contribution is -2.28. The number of aromatic nitrogens is 1. The second-order valence-electron chi connectivity index (χ2n) is 5.20. The molecule has 1 heterocycles. The minimum Gasteiger partial charge on any atom is -0.482 e. The van der Waals surface area contributed by atoms with Crippen LogP contribution < -0.4 is 9.30 Å². The van der Waals surface area contributed by atoms with Gasteiger partial charge < -0.3 is 22.0 Å². The first-order valence-electron chi connectivity index (χ1n) is 7.36. The molecular formula is C17H15BClF4NO. The van der Waals surface area contributed by atoms with E-state index in [9.17, 15) is 17.3 Å². The highest BCUT2D eigenvalue weighted by Crippen LogP contribution is 2.29. The van der Waals surface area contributed by atoms with E-state index in [-0.39, 0.29) is 0 Å². The molecule has 0 saturated heterocycles. The van der Waals surface area contributed by atoms with Gasteiger partial charge in [0.15, 0.2) is 11.9 Å². The summed E-state index contributed by atoms with van der Waals surface area (Å²) in [7, 11) is -4.01. The van der Waals surface area contributed by atoms with Crippen LogP contribution in [0.1, 0.15) is 5.56 Å². The normalized spacial score (nSPS) is 11.0. The molecule has 0 aliphatic heterocycles. The van der Waals surface area contributed by atoms with E-state index in [1.54, 1.807) is 0 Å². The van der Waals surface area contributed by atoms with Crippen molar-refractivity contribution in [1.29, 1.82) is 0 Å². The Bertz CT molecular complexity index is 837. The minimum absolute atomic E-state index is 0.548. The number of ether oxygens (including phenoxy) is 1. The summed E-state index contributed by atoms with van der Waals surface area (Å²) in [6, 6.07) is 17.9. The molecule has 0 aliphatic rings. The number of hydrogen-bond donors (Lipinski definition) is 0. The molecule has 3 aromatic rings. The predicted molar refractivity (Wildman–Crippen MR) is 91.1 cm³/mol. The molecule has 0 unspecified atom stereocenters. The Kier molecular flexibility index (Phi) is 6.25. The second kappa shape index (κ2) is 8.20. The van der Waals surface area contributed by atoms with Crippen molar-refractivity contribution in [2.45, 2.75) is 6.61 Å². The van der Waals surface area contributed by atoms with E-state index in [0.29, 0.717) is 6.61 Å². The molecule has 0 N–H and O–H groups in total. The number of hydrogen-bond acceptors (Lipinski definition) is 1. The summed E-state index contributed by atoms with van der Waals surface area (Å²) in [6.07, 6.45) is 1.99. The first-order chi connectivity index (χ1) is 11.8. The fraction of sp³-hybridized carbons (Fsp3) is 0.118. The molecule has 0 atom stereocenters. The van der Waals surface area contributed by atoms with Gasteiger partial charge in [-0.2, -0.15) is 4.57 Å². The first kappa shape index (κ1) is 19.1. The van der Waals surface area contributed by atoms with E-state index in [2.05, 4.69) is 12.1 Å². The molecule has 2 aromatic carbocycles. The van der Waals surface area contributed by atoms with Crippen LogP contribution in [0.25, 0.3) is 10.9 Å². The molecule has 1 aromatic heterocycles. The van der Waals surface area contributed by atoms with Gasteiger partial charge in [-0.3, -0.25) is 0 Å². The van der Waals surface area contributed by atoms with Crippen LogP contribution in [0.2, 0.25) is 5.02 Å². The van der Waals surface area contributed by atoms with Gasteiger partial charge >= 0.3 is 7.25 Å². The zero-order valence-corrected chi connectivity index (χ0v) is 14.1. The van der Waals surface area contributed by atoms with Crippen molar-refractivity contribution in [2.75, 3.05) is 0 Å². The molecule has 132 valence electrons. The SMILES string of the molecule is C[n+]1cccc2c(Cl)ccc(OCc3ccccc3)c21.F[B-](F)(F)F. The fourth-order valence-corrected chi connectivity index (χ4v) is 2.50. The standard InChI is InChI=1S/C17H15ClNO.BF4/c1-19-11-5-8-14-15(18)9-10-16(17(14)19)20-12-13-6-3-2-4-7-13;2-1(3,4)5/h2-11H,12H2,1H3;/q+1;-1. The summed E-state index contributed by atoms with van der Waals surface area (Å²) in [5.41, 5.74) is 2.16. The molecule has 2 nitrogen and oxygen atoms in total. The highest BCUT2D eigenvalue weighted by atomic mass is 35.5. The summed E-state index contributed by atoms with van der Waals surface area (Å²) in [6.45, 7) is 0.548. The highest BCUT2D eigenvalue weighted by molar-refractivity contribution is 6.50. The van der Waals surface area contributed by atoms with Gasteiger partial charge in [0.1, 0.15) is 13.7 Å². The number of pyridine rings is 1. The summed E-state index contributed by atoms with van der Waals surface area (Å²) in [5.74, 6) is 0.844. The molecule has 0 radical (unpaired) electrons. The van der Waals surface area contributed by atoms with E-state index < -0.39 is 7.25 Å². The van der Waals surface area contributed by atoms with Crippen molar-refractivity contribution in [3.05, 3.63) is 71.4 Å². The van der Waals surface area contributed by atoms with Gasteiger partial charge in [0.05, 0.1) is 10.4 Å². The van der Waals surface area contributed by atoms with Gasteiger partial charge in [0.25, 0.3) is 5.52 Å². The van der Waals surface area contributed by atoms with E-state index in [1.165, 1.54) is 0 Å². The quantitative estimate of drug-likeness (QED) is 0.350. The summed E-state index contributed by atoms with van der Waals surface area (Å²) < 4.78 is 47.0. The maximum absolute atomic E-state index is 9.75. The smallest absolute Gasteiger partial charge is 0.482 e. The molecular weight excluding hydrogens is 356 g/mol. The lowest BCUT2D eigenvalue weighted by atomic mass is 10.2. The van der Waals surface area contributed by atoms with E-state index in [1.807, 2.05) is 60.3 Å². The molecule has 0 amide bonds. The molecule has 3 rings (SSSR count). The van der Waals surface area contributed by atoms with E-state index in [0.717, 1.165) is 27.2 Å². The van der Waals surface area contributed by atoms with Crippen LogP contribution in [0.3, 0.4) is 0 Å². The van der Waals surface area contributed by atoms with E-state index in [4.69, 9.17) is 16.3 Å². The molecule has 25 heavy (non-hydrogen) atoms. The second-order valence-corrected chi connectivity index (χ2v) is 5.60. The molecule has 0 saturated carbocycles. The topological polar surface area (TPSA) is 13.1 Å². The average molecular weight is 372 g/mol. The maximum Gasteiger partial charge on any atom is 0.673 e. The van der Waals surface area contributed by atoms with Crippen molar-refractivity contribution in [3.8, 4) is 5.75 Å². The van der Waals surface area contributed by atoms with Crippen LogP contribution in [-0.2, 0) is 13.7 Å². The van der Waals surface area contributed by atoms with Crippen molar-refractivity contribution in [2.24, 2.45) is 7.05 Å². The molecule has 0 aliphatic carbocycles. The lowest BCUT2D eigenvalue weighted by molar-refractivity contribution is -0.645. The third-order valence-corrected chi connectivity index (χ3v) is 3.62. The van der Waals surface area contributed by atoms with Crippen LogP contribution >= 0.6 is 11.6 Å². The zero-order valence-electron chi connectivity index (χ0n) is 13.3.